The number of benzene rings is 1. The number of rotatable bonds is 4. The van der Waals surface area contributed by atoms with Crippen molar-refractivity contribution in [3.05, 3.63) is 46.7 Å². The minimum atomic E-state index is -4.41. The van der Waals surface area contributed by atoms with Crippen LogP contribution in [-0.2, 0) is 12.7 Å². The third-order valence-electron chi connectivity index (χ3n) is 2.90. The zero-order valence-corrected chi connectivity index (χ0v) is 12.3. The van der Waals surface area contributed by atoms with Gasteiger partial charge in [0, 0.05) is 23.8 Å². The van der Waals surface area contributed by atoms with Crippen LogP contribution in [0.3, 0.4) is 0 Å². The van der Waals surface area contributed by atoms with E-state index in [1.807, 2.05) is 13.8 Å². The molecule has 2 rings (SSSR count). The van der Waals surface area contributed by atoms with Crippen LogP contribution >= 0.6 is 11.6 Å². The van der Waals surface area contributed by atoms with E-state index in [1.54, 1.807) is 18.2 Å². The highest BCUT2D eigenvalue weighted by Gasteiger charge is 2.32. The van der Waals surface area contributed by atoms with E-state index < -0.39 is 11.7 Å². The smallest absolute Gasteiger partial charge is 0.310 e. The lowest BCUT2D eigenvalue weighted by molar-refractivity contribution is -0.137. The van der Waals surface area contributed by atoms with Gasteiger partial charge in [-0.25, -0.2) is 4.68 Å². The summed E-state index contributed by atoms with van der Waals surface area (Å²) in [6, 6.07) is 5.35. The lowest BCUT2D eigenvalue weighted by Crippen LogP contribution is -2.22. The minimum Gasteiger partial charge on any atom is -0.310 e. The molecule has 0 amide bonds. The Labute approximate surface area is 125 Å². The average molecular weight is 318 g/mol. The number of aromatic nitrogens is 2. The van der Waals surface area contributed by atoms with E-state index in [2.05, 4.69) is 10.4 Å². The van der Waals surface area contributed by atoms with Gasteiger partial charge in [-0.1, -0.05) is 31.5 Å². The van der Waals surface area contributed by atoms with Gasteiger partial charge in [-0.3, -0.25) is 0 Å². The Balaban J connectivity index is 2.37. The molecule has 0 aliphatic heterocycles. The summed E-state index contributed by atoms with van der Waals surface area (Å²) in [5.41, 5.74) is 0.571. The van der Waals surface area contributed by atoms with Crippen LogP contribution in [-0.4, -0.2) is 15.8 Å². The van der Waals surface area contributed by atoms with Crippen molar-refractivity contribution < 1.29 is 13.2 Å². The molecule has 2 aromatic rings. The molecule has 0 bridgehead atoms. The van der Waals surface area contributed by atoms with Crippen LogP contribution in [0.4, 0.5) is 13.2 Å². The fraction of sp³-hybridized carbons (Fsp3) is 0.357. The van der Waals surface area contributed by atoms with E-state index in [4.69, 9.17) is 11.6 Å². The molecule has 0 saturated heterocycles. The van der Waals surface area contributed by atoms with E-state index in [-0.39, 0.29) is 6.04 Å². The summed E-state index contributed by atoms with van der Waals surface area (Å²) in [6.45, 7) is 4.50. The summed E-state index contributed by atoms with van der Waals surface area (Å²) >= 11 is 5.94. The number of hydrogen-bond acceptors (Lipinski definition) is 2. The molecule has 3 nitrogen and oxygen atoms in total. The lowest BCUT2D eigenvalue weighted by atomic mass is 10.1. The quantitative estimate of drug-likeness (QED) is 0.922. The van der Waals surface area contributed by atoms with Crippen LogP contribution in [0.15, 0.2) is 30.6 Å². The molecule has 114 valence electrons. The minimum absolute atomic E-state index is 0.261. The Morgan fingerprint density at radius 2 is 2.05 bits per heavy atom. The monoisotopic (exact) mass is 317 g/mol. The Hall–Kier alpha value is -1.53. The maximum absolute atomic E-state index is 12.7. The molecule has 1 aromatic heterocycles. The van der Waals surface area contributed by atoms with E-state index in [9.17, 15) is 13.2 Å². The third kappa shape index (κ3) is 3.98. The molecule has 7 heteroatoms. The third-order valence-corrected chi connectivity index (χ3v) is 3.14. The Morgan fingerprint density at radius 3 is 2.62 bits per heavy atom. The zero-order chi connectivity index (χ0) is 15.6. The molecule has 1 aromatic carbocycles. The summed E-state index contributed by atoms with van der Waals surface area (Å²) in [7, 11) is 0. The SMILES string of the molecule is CC(C)NCc1ccc(Cl)cc1-n1cc(C(F)(F)F)cn1. The van der Waals surface area contributed by atoms with E-state index in [1.165, 1.54) is 4.68 Å². The zero-order valence-electron chi connectivity index (χ0n) is 11.6. The van der Waals surface area contributed by atoms with Crippen LogP contribution in [0.5, 0.6) is 0 Å². The molecule has 0 saturated carbocycles. The first-order chi connectivity index (χ1) is 9.77. The fourth-order valence-corrected chi connectivity index (χ4v) is 1.98. The van der Waals surface area contributed by atoms with Crippen LogP contribution in [0.25, 0.3) is 5.69 Å². The van der Waals surface area contributed by atoms with Gasteiger partial charge in [0.05, 0.1) is 17.4 Å². The van der Waals surface area contributed by atoms with Gasteiger partial charge in [0.2, 0.25) is 0 Å². The molecule has 0 spiro atoms. The highest BCUT2D eigenvalue weighted by molar-refractivity contribution is 6.30. The van der Waals surface area contributed by atoms with Gasteiger partial charge in [-0.2, -0.15) is 18.3 Å². The number of halogens is 4. The van der Waals surface area contributed by atoms with Crippen LogP contribution < -0.4 is 5.32 Å². The standard InChI is InChI=1S/C14H15ClF3N3/c1-9(2)19-6-10-3-4-12(15)5-13(10)21-8-11(7-20-21)14(16,17)18/h3-5,7-9,19H,6H2,1-2H3. The van der Waals surface area contributed by atoms with Crippen molar-refractivity contribution >= 4 is 11.6 Å². The topological polar surface area (TPSA) is 29.9 Å². The van der Waals surface area contributed by atoms with Gasteiger partial charge < -0.3 is 5.32 Å². The van der Waals surface area contributed by atoms with Crippen molar-refractivity contribution in [1.82, 2.24) is 15.1 Å². The molecule has 0 fully saturated rings. The van der Waals surface area contributed by atoms with Crippen molar-refractivity contribution in [3.63, 3.8) is 0 Å². The summed E-state index contributed by atoms with van der Waals surface area (Å²) in [5.74, 6) is 0. The highest BCUT2D eigenvalue weighted by Crippen LogP contribution is 2.30. The van der Waals surface area contributed by atoms with E-state index in [0.29, 0.717) is 17.3 Å². The molecule has 1 N–H and O–H groups in total. The van der Waals surface area contributed by atoms with Gasteiger partial charge in [0.15, 0.2) is 0 Å². The van der Waals surface area contributed by atoms with Crippen LogP contribution in [0, 0.1) is 0 Å². The van der Waals surface area contributed by atoms with Gasteiger partial charge in [0.25, 0.3) is 0 Å². The Morgan fingerprint density at radius 1 is 1.33 bits per heavy atom. The van der Waals surface area contributed by atoms with Crippen molar-refractivity contribution in [1.29, 1.82) is 0 Å². The first-order valence-electron chi connectivity index (χ1n) is 6.41. The molecule has 1 heterocycles. The Kier molecular flexibility index (Phi) is 4.58. The number of nitrogens with one attached hydrogen (secondary N) is 1. The van der Waals surface area contributed by atoms with Gasteiger partial charge in [-0.15, -0.1) is 0 Å². The van der Waals surface area contributed by atoms with Crippen molar-refractivity contribution in [2.75, 3.05) is 0 Å². The Bertz CT molecular complexity index is 620. The fourth-order valence-electron chi connectivity index (χ4n) is 1.81. The largest absolute Gasteiger partial charge is 0.419 e. The van der Waals surface area contributed by atoms with E-state index >= 15 is 0 Å². The molecule has 0 unspecified atom stereocenters. The summed E-state index contributed by atoms with van der Waals surface area (Å²) < 4.78 is 39.2. The number of hydrogen-bond donors (Lipinski definition) is 1. The maximum Gasteiger partial charge on any atom is 0.419 e. The van der Waals surface area contributed by atoms with Crippen LogP contribution in [0.2, 0.25) is 5.02 Å². The lowest BCUT2D eigenvalue weighted by Gasteiger charge is -2.13. The molecule has 0 radical (unpaired) electrons. The second-order valence-electron chi connectivity index (χ2n) is 4.98. The second kappa shape index (κ2) is 6.07. The molecule has 0 atom stereocenters. The molecular weight excluding hydrogens is 303 g/mol. The highest BCUT2D eigenvalue weighted by atomic mass is 35.5. The normalized spacial score (nSPS) is 12.1. The number of nitrogens with zero attached hydrogens (tertiary/aromatic N) is 2. The number of alkyl halides is 3. The maximum atomic E-state index is 12.7. The molecule has 21 heavy (non-hydrogen) atoms. The van der Waals surface area contributed by atoms with Gasteiger partial charge in [-0.05, 0) is 17.7 Å². The second-order valence-corrected chi connectivity index (χ2v) is 5.42. The first kappa shape index (κ1) is 15.9. The van der Waals surface area contributed by atoms with Crippen LogP contribution in [0.1, 0.15) is 25.0 Å². The predicted octanol–water partition coefficient (Wildman–Crippen LogP) is 4.04. The van der Waals surface area contributed by atoms with E-state index in [0.717, 1.165) is 18.0 Å². The van der Waals surface area contributed by atoms with Gasteiger partial charge in [0.1, 0.15) is 0 Å². The molecule has 0 aliphatic carbocycles. The van der Waals surface area contributed by atoms with Crippen molar-refractivity contribution in [2.45, 2.75) is 32.6 Å². The molecule has 0 aliphatic rings. The molecular formula is C14H15ClF3N3. The summed E-state index contributed by atoms with van der Waals surface area (Å²) in [6.07, 6.45) is -2.64. The first-order valence-corrected chi connectivity index (χ1v) is 6.79. The predicted molar refractivity (Wildman–Crippen MR) is 75.6 cm³/mol. The summed E-state index contributed by atoms with van der Waals surface area (Å²) in [4.78, 5) is 0. The summed E-state index contributed by atoms with van der Waals surface area (Å²) in [5, 5.41) is 7.46. The van der Waals surface area contributed by atoms with Crippen molar-refractivity contribution in [2.24, 2.45) is 0 Å². The van der Waals surface area contributed by atoms with Crippen molar-refractivity contribution in [3.8, 4) is 5.69 Å². The average Bonchev–Trinajstić information content (AvgIpc) is 2.86. The van der Waals surface area contributed by atoms with Gasteiger partial charge >= 0.3 is 6.18 Å².